The van der Waals surface area contributed by atoms with Crippen molar-refractivity contribution in [1.29, 1.82) is 0 Å². The Kier molecular flexibility index (Phi) is 4.57. The summed E-state index contributed by atoms with van der Waals surface area (Å²) in [5, 5.41) is 3.55. The molecule has 0 spiro atoms. The molecule has 0 bridgehead atoms. The second-order valence-corrected chi connectivity index (χ2v) is 5.87. The average Bonchev–Trinajstić information content (AvgIpc) is 3.04. The van der Waals surface area contributed by atoms with Crippen LogP contribution in [0.15, 0.2) is 48.7 Å². The number of carbonyl (C=O) groups is 2. The van der Waals surface area contributed by atoms with Crippen LogP contribution in [0.4, 0.5) is 0 Å². The van der Waals surface area contributed by atoms with Crippen molar-refractivity contribution in [2.24, 2.45) is 0 Å². The van der Waals surface area contributed by atoms with E-state index in [2.05, 4.69) is 10.3 Å². The number of nitrogens with zero attached hydrogens (tertiary/aromatic N) is 2. The van der Waals surface area contributed by atoms with Crippen LogP contribution in [0.3, 0.4) is 0 Å². The summed E-state index contributed by atoms with van der Waals surface area (Å²) in [6, 6.07) is 11.9. The van der Waals surface area contributed by atoms with Gasteiger partial charge in [0.15, 0.2) is 0 Å². The Morgan fingerprint density at radius 1 is 1.17 bits per heavy atom. The van der Waals surface area contributed by atoms with Gasteiger partial charge in [0.2, 0.25) is 0 Å². The van der Waals surface area contributed by atoms with Crippen molar-refractivity contribution in [1.82, 2.24) is 15.2 Å². The number of amides is 2. The molecule has 23 heavy (non-hydrogen) atoms. The van der Waals surface area contributed by atoms with Crippen molar-refractivity contribution in [2.75, 3.05) is 13.1 Å². The molecule has 1 aromatic carbocycles. The third kappa shape index (κ3) is 3.68. The zero-order valence-corrected chi connectivity index (χ0v) is 13.2. The Labute approximate surface area is 139 Å². The van der Waals surface area contributed by atoms with Crippen molar-refractivity contribution in [3.63, 3.8) is 0 Å². The second-order valence-electron chi connectivity index (χ2n) is 5.43. The first-order valence-electron chi connectivity index (χ1n) is 7.40. The smallest absolute Gasteiger partial charge is 0.272 e. The zero-order chi connectivity index (χ0) is 16.2. The van der Waals surface area contributed by atoms with Crippen LogP contribution in [0.2, 0.25) is 5.02 Å². The normalized spacial score (nSPS) is 17.1. The lowest BCUT2D eigenvalue weighted by Gasteiger charge is -2.16. The summed E-state index contributed by atoms with van der Waals surface area (Å²) in [4.78, 5) is 30.3. The molecule has 118 valence electrons. The predicted octanol–water partition coefficient (Wildman–Crippen LogP) is 2.38. The van der Waals surface area contributed by atoms with Crippen molar-refractivity contribution in [2.45, 2.75) is 12.5 Å². The lowest BCUT2D eigenvalue weighted by atomic mass is 10.2. The Balaban J connectivity index is 1.58. The SMILES string of the molecule is O=C(N[C@@H]1CCN(C(=O)c2ccccn2)C1)c1ccc(Cl)cc1. The van der Waals surface area contributed by atoms with E-state index < -0.39 is 0 Å². The summed E-state index contributed by atoms with van der Waals surface area (Å²) in [6.07, 6.45) is 2.33. The number of pyridine rings is 1. The predicted molar refractivity (Wildman–Crippen MR) is 87.5 cm³/mol. The lowest BCUT2D eigenvalue weighted by Crippen LogP contribution is -2.38. The average molecular weight is 330 g/mol. The number of hydrogen-bond donors (Lipinski definition) is 1. The van der Waals surface area contributed by atoms with E-state index in [9.17, 15) is 9.59 Å². The Hall–Kier alpha value is -2.40. The van der Waals surface area contributed by atoms with Crippen LogP contribution in [-0.4, -0.2) is 40.8 Å². The molecule has 2 aromatic rings. The third-order valence-corrected chi connectivity index (χ3v) is 4.05. The fourth-order valence-electron chi connectivity index (χ4n) is 2.58. The largest absolute Gasteiger partial charge is 0.347 e. The minimum atomic E-state index is -0.154. The number of carbonyl (C=O) groups excluding carboxylic acids is 2. The first-order valence-corrected chi connectivity index (χ1v) is 7.78. The van der Waals surface area contributed by atoms with Crippen LogP contribution >= 0.6 is 11.6 Å². The van der Waals surface area contributed by atoms with Crippen LogP contribution in [0, 0.1) is 0 Å². The van der Waals surface area contributed by atoms with E-state index in [1.165, 1.54) is 0 Å². The van der Waals surface area contributed by atoms with Gasteiger partial charge in [-0.15, -0.1) is 0 Å². The van der Waals surface area contributed by atoms with E-state index in [0.29, 0.717) is 29.4 Å². The van der Waals surface area contributed by atoms with Gasteiger partial charge in [0.25, 0.3) is 11.8 Å². The third-order valence-electron chi connectivity index (χ3n) is 3.80. The highest BCUT2D eigenvalue weighted by Crippen LogP contribution is 2.14. The first kappa shape index (κ1) is 15.5. The summed E-state index contributed by atoms with van der Waals surface area (Å²) in [5.41, 5.74) is 0.987. The Bertz CT molecular complexity index is 704. The van der Waals surface area contributed by atoms with Crippen molar-refractivity contribution in [3.8, 4) is 0 Å². The van der Waals surface area contributed by atoms with Gasteiger partial charge in [-0.1, -0.05) is 17.7 Å². The van der Waals surface area contributed by atoms with Gasteiger partial charge in [0.05, 0.1) is 0 Å². The molecular weight excluding hydrogens is 314 g/mol. The molecule has 1 aliphatic heterocycles. The molecule has 0 saturated carbocycles. The van der Waals surface area contributed by atoms with Crippen LogP contribution < -0.4 is 5.32 Å². The van der Waals surface area contributed by atoms with Gasteiger partial charge in [-0.2, -0.15) is 0 Å². The summed E-state index contributed by atoms with van der Waals surface area (Å²) in [5.74, 6) is -0.257. The van der Waals surface area contributed by atoms with E-state index >= 15 is 0 Å². The zero-order valence-electron chi connectivity index (χ0n) is 12.4. The molecule has 1 fully saturated rings. The highest BCUT2D eigenvalue weighted by atomic mass is 35.5. The van der Waals surface area contributed by atoms with Gasteiger partial charge < -0.3 is 10.2 Å². The number of benzene rings is 1. The molecular formula is C17H16ClN3O2. The van der Waals surface area contributed by atoms with Crippen molar-refractivity contribution in [3.05, 3.63) is 64.9 Å². The quantitative estimate of drug-likeness (QED) is 0.940. The highest BCUT2D eigenvalue weighted by molar-refractivity contribution is 6.30. The first-order chi connectivity index (χ1) is 11.1. The lowest BCUT2D eigenvalue weighted by molar-refractivity contribution is 0.0777. The molecule has 1 aromatic heterocycles. The number of aromatic nitrogens is 1. The summed E-state index contributed by atoms with van der Waals surface area (Å²) < 4.78 is 0. The summed E-state index contributed by atoms with van der Waals surface area (Å²) >= 11 is 5.82. The van der Waals surface area contributed by atoms with Gasteiger partial charge in [-0.3, -0.25) is 14.6 Å². The molecule has 0 aliphatic carbocycles. The van der Waals surface area contributed by atoms with Crippen molar-refractivity contribution < 1.29 is 9.59 Å². The molecule has 5 nitrogen and oxygen atoms in total. The minimum Gasteiger partial charge on any atom is -0.347 e. The number of rotatable bonds is 3. The topological polar surface area (TPSA) is 62.3 Å². The maximum absolute atomic E-state index is 12.3. The Morgan fingerprint density at radius 2 is 1.96 bits per heavy atom. The maximum Gasteiger partial charge on any atom is 0.272 e. The fraction of sp³-hybridized carbons (Fsp3) is 0.235. The van der Waals surface area contributed by atoms with Gasteiger partial charge in [0.1, 0.15) is 5.69 Å². The molecule has 0 radical (unpaired) electrons. The molecule has 6 heteroatoms. The minimum absolute atomic E-state index is 0.0501. The van der Waals surface area contributed by atoms with Crippen LogP contribution in [-0.2, 0) is 0 Å². The van der Waals surface area contributed by atoms with Crippen molar-refractivity contribution >= 4 is 23.4 Å². The molecule has 1 N–H and O–H groups in total. The highest BCUT2D eigenvalue weighted by Gasteiger charge is 2.28. The monoisotopic (exact) mass is 329 g/mol. The molecule has 1 atom stereocenters. The summed E-state index contributed by atoms with van der Waals surface area (Å²) in [7, 11) is 0. The van der Waals surface area contributed by atoms with E-state index in [-0.39, 0.29) is 17.9 Å². The fourth-order valence-corrected chi connectivity index (χ4v) is 2.71. The van der Waals surface area contributed by atoms with E-state index in [1.807, 2.05) is 0 Å². The Morgan fingerprint density at radius 3 is 2.65 bits per heavy atom. The molecule has 0 unspecified atom stereocenters. The molecule has 3 rings (SSSR count). The molecule has 1 aliphatic rings. The molecule has 2 heterocycles. The van der Waals surface area contributed by atoms with Gasteiger partial charge >= 0.3 is 0 Å². The van der Waals surface area contributed by atoms with Crippen LogP contribution in [0.1, 0.15) is 27.3 Å². The van der Waals surface area contributed by atoms with Gasteiger partial charge in [-0.25, -0.2) is 0 Å². The second kappa shape index (κ2) is 6.79. The van der Waals surface area contributed by atoms with E-state index in [4.69, 9.17) is 11.6 Å². The standard InChI is InChI=1S/C17H16ClN3O2/c18-13-6-4-12(5-7-13)16(22)20-14-8-10-21(11-14)17(23)15-3-1-2-9-19-15/h1-7,9,14H,8,10-11H2,(H,20,22)/t14-/m1/s1. The summed E-state index contributed by atoms with van der Waals surface area (Å²) in [6.45, 7) is 1.11. The number of halogens is 1. The number of likely N-dealkylation sites (tertiary alicyclic amines) is 1. The number of nitrogens with one attached hydrogen (secondary N) is 1. The molecule has 1 saturated heterocycles. The van der Waals surface area contributed by atoms with E-state index in [0.717, 1.165) is 6.42 Å². The number of hydrogen-bond acceptors (Lipinski definition) is 3. The van der Waals surface area contributed by atoms with Gasteiger partial charge in [0, 0.05) is 35.9 Å². The van der Waals surface area contributed by atoms with Crippen LogP contribution in [0.5, 0.6) is 0 Å². The molecule has 2 amide bonds. The maximum atomic E-state index is 12.3. The van der Waals surface area contributed by atoms with E-state index in [1.54, 1.807) is 53.6 Å². The van der Waals surface area contributed by atoms with Crippen LogP contribution in [0.25, 0.3) is 0 Å². The van der Waals surface area contributed by atoms with Gasteiger partial charge in [-0.05, 0) is 42.8 Å².